The standard InChI is InChI=1S/C14H16N4O/c1-8-6-11(4-5-12(8)15)13(19)18-14-16-9(2)7-10(3)17-14/h4-7H,15H2,1-3H3,(H,16,17,18,19). The van der Waals surface area contributed by atoms with Crippen molar-refractivity contribution >= 4 is 17.5 Å². The second kappa shape index (κ2) is 5.06. The van der Waals surface area contributed by atoms with E-state index in [-0.39, 0.29) is 5.91 Å². The first-order valence-electron chi connectivity index (χ1n) is 5.95. The molecule has 98 valence electrons. The maximum absolute atomic E-state index is 12.1. The number of nitrogens with one attached hydrogen (secondary N) is 1. The molecule has 3 N–H and O–H groups in total. The highest BCUT2D eigenvalue weighted by molar-refractivity contribution is 6.03. The molecule has 0 aliphatic heterocycles. The van der Waals surface area contributed by atoms with Crippen LogP contribution in [0.25, 0.3) is 0 Å². The monoisotopic (exact) mass is 256 g/mol. The maximum atomic E-state index is 12.1. The summed E-state index contributed by atoms with van der Waals surface area (Å²) in [5, 5.41) is 2.68. The minimum Gasteiger partial charge on any atom is -0.399 e. The molecule has 0 saturated heterocycles. The van der Waals surface area contributed by atoms with Crippen LogP contribution < -0.4 is 11.1 Å². The molecule has 2 rings (SSSR count). The van der Waals surface area contributed by atoms with Crippen LogP contribution in [0.5, 0.6) is 0 Å². The van der Waals surface area contributed by atoms with E-state index in [9.17, 15) is 4.79 Å². The lowest BCUT2D eigenvalue weighted by molar-refractivity contribution is 0.102. The molecular weight excluding hydrogens is 240 g/mol. The van der Waals surface area contributed by atoms with E-state index in [0.29, 0.717) is 17.2 Å². The summed E-state index contributed by atoms with van der Waals surface area (Å²) >= 11 is 0. The third kappa shape index (κ3) is 3.07. The second-order valence-corrected chi connectivity index (χ2v) is 4.50. The Morgan fingerprint density at radius 2 is 1.74 bits per heavy atom. The third-order valence-electron chi connectivity index (χ3n) is 2.74. The van der Waals surface area contributed by atoms with E-state index < -0.39 is 0 Å². The first-order chi connectivity index (χ1) is 8.95. The van der Waals surface area contributed by atoms with Crippen molar-refractivity contribution in [1.82, 2.24) is 9.97 Å². The summed E-state index contributed by atoms with van der Waals surface area (Å²) in [6.45, 7) is 5.58. The lowest BCUT2D eigenvalue weighted by atomic mass is 10.1. The molecule has 0 atom stereocenters. The van der Waals surface area contributed by atoms with Crippen molar-refractivity contribution in [2.75, 3.05) is 11.1 Å². The molecule has 5 heteroatoms. The number of hydrogen-bond donors (Lipinski definition) is 2. The van der Waals surface area contributed by atoms with Gasteiger partial charge in [0, 0.05) is 22.6 Å². The Balaban J connectivity index is 2.22. The molecule has 5 nitrogen and oxygen atoms in total. The molecule has 1 aromatic heterocycles. The molecule has 0 aliphatic rings. The van der Waals surface area contributed by atoms with Gasteiger partial charge in [0.15, 0.2) is 0 Å². The van der Waals surface area contributed by atoms with Gasteiger partial charge in [0.25, 0.3) is 5.91 Å². The molecule has 0 spiro atoms. The van der Waals surface area contributed by atoms with E-state index in [2.05, 4.69) is 15.3 Å². The average molecular weight is 256 g/mol. The molecule has 0 unspecified atom stereocenters. The number of nitrogen functional groups attached to an aromatic ring is 1. The van der Waals surface area contributed by atoms with Gasteiger partial charge in [-0.25, -0.2) is 9.97 Å². The first-order valence-corrected chi connectivity index (χ1v) is 5.95. The highest BCUT2D eigenvalue weighted by Crippen LogP contribution is 2.14. The van der Waals surface area contributed by atoms with Gasteiger partial charge >= 0.3 is 0 Å². The van der Waals surface area contributed by atoms with E-state index in [1.807, 2.05) is 26.8 Å². The number of aromatic nitrogens is 2. The van der Waals surface area contributed by atoms with Crippen molar-refractivity contribution in [2.24, 2.45) is 0 Å². The molecule has 2 aromatic rings. The van der Waals surface area contributed by atoms with Gasteiger partial charge in [0.05, 0.1) is 0 Å². The lowest BCUT2D eigenvalue weighted by Gasteiger charge is -2.07. The Kier molecular flexibility index (Phi) is 3.46. The van der Waals surface area contributed by atoms with Gasteiger partial charge in [-0.05, 0) is 50.6 Å². The average Bonchev–Trinajstić information content (AvgIpc) is 2.31. The normalized spacial score (nSPS) is 10.3. The molecule has 0 bridgehead atoms. The van der Waals surface area contributed by atoms with Gasteiger partial charge < -0.3 is 5.73 Å². The van der Waals surface area contributed by atoms with Crippen molar-refractivity contribution in [3.63, 3.8) is 0 Å². The Labute approximate surface area is 111 Å². The quantitative estimate of drug-likeness (QED) is 0.807. The zero-order valence-corrected chi connectivity index (χ0v) is 11.2. The number of nitrogens with two attached hydrogens (primary N) is 1. The van der Waals surface area contributed by atoms with E-state index in [1.165, 1.54) is 0 Å². The smallest absolute Gasteiger partial charge is 0.258 e. The van der Waals surface area contributed by atoms with Crippen LogP contribution in [-0.4, -0.2) is 15.9 Å². The predicted octanol–water partition coefficient (Wildman–Crippen LogP) is 2.24. The number of anilines is 2. The molecule has 0 saturated carbocycles. The predicted molar refractivity (Wildman–Crippen MR) is 75.1 cm³/mol. The lowest BCUT2D eigenvalue weighted by Crippen LogP contribution is -2.15. The fourth-order valence-electron chi connectivity index (χ4n) is 1.77. The van der Waals surface area contributed by atoms with Crippen LogP contribution in [0.3, 0.4) is 0 Å². The van der Waals surface area contributed by atoms with E-state index in [0.717, 1.165) is 17.0 Å². The Morgan fingerprint density at radius 1 is 1.11 bits per heavy atom. The zero-order chi connectivity index (χ0) is 14.0. The SMILES string of the molecule is Cc1cc(C)nc(NC(=O)c2ccc(N)c(C)c2)n1. The zero-order valence-electron chi connectivity index (χ0n) is 11.2. The topological polar surface area (TPSA) is 80.9 Å². The van der Waals surface area contributed by atoms with Crippen LogP contribution in [0.1, 0.15) is 27.3 Å². The van der Waals surface area contributed by atoms with Crippen molar-refractivity contribution in [3.8, 4) is 0 Å². The van der Waals surface area contributed by atoms with Crippen molar-refractivity contribution < 1.29 is 4.79 Å². The van der Waals surface area contributed by atoms with Crippen LogP contribution in [-0.2, 0) is 0 Å². The summed E-state index contributed by atoms with van der Waals surface area (Å²) < 4.78 is 0. The minimum atomic E-state index is -0.242. The molecule has 1 aromatic carbocycles. The van der Waals surface area contributed by atoms with Crippen LogP contribution >= 0.6 is 0 Å². The summed E-state index contributed by atoms with van der Waals surface area (Å²) in [5.74, 6) is 0.0741. The number of hydrogen-bond acceptors (Lipinski definition) is 4. The number of amides is 1. The Hall–Kier alpha value is -2.43. The molecule has 1 amide bonds. The van der Waals surface area contributed by atoms with E-state index in [1.54, 1.807) is 18.2 Å². The maximum Gasteiger partial charge on any atom is 0.258 e. The summed E-state index contributed by atoms with van der Waals surface area (Å²) in [6.07, 6.45) is 0. The Bertz CT molecular complexity index is 617. The second-order valence-electron chi connectivity index (χ2n) is 4.50. The summed E-state index contributed by atoms with van der Waals surface area (Å²) in [5.41, 5.74) is 9.43. The number of benzene rings is 1. The van der Waals surface area contributed by atoms with Crippen molar-refractivity contribution in [2.45, 2.75) is 20.8 Å². The number of nitrogens with zero attached hydrogens (tertiary/aromatic N) is 2. The summed E-state index contributed by atoms with van der Waals surface area (Å²) in [6, 6.07) is 6.99. The number of aryl methyl sites for hydroxylation is 3. The minimum absolute atomic E-state index is 0.242. The molecule has 1 heterocycles. The van der Waals surface area contributed by atoms with Gasteiger partial charge in [-0.2, -0.15) is 0 Å². The summed E-state index contributed by atoms with van der Waals surface area (Å²) in [7, 11) is 0. The number of carbonyl (C=O) groups is 1. The van der Waals surface area contributed by atoms with Crippen LogP contribution in [0.15, 0.2) is 24.3 Å². The molecule has 19 heavy (non-hydrogen) atoms. The largest absolute Gasteiger partial charge is 0.399 e. The third-order valence-corrected chi connectivity index (χ3v) is 2.74. The number of carbonyl (C=O) groups excluding carboxylic acids is 1. The van der Waals surface area contributed by atoms with Gasteiger partial charge in [-0.3, -0.25) is 10.1 Å². The van der Waals surface area contributed by atoms with Crippen molar-refractivity contribution in [3.05, 3.63) is 46.8 Å². The fraction of sp³-hybridized carbons (Fsp3) is 0.214. The summed E-state index contributed by atoms with van der Waals surface area (Å²) in [4.78, 5) is 20.4. The Morgan fingerprint density at radius 3 is 2.32 bits per heavy atom. The molecule has 0 radical (unpaired) electrons. The van der Waals surface area contributed by atoms with Crippen LogP contribution in [0.2, 0.25) is 0 Å². The van der Waals surface area contributed by atoms with Crippen molar-refractivity contribution in [1.29, 1.82) is 0 Å². The van der Waals surface area contributed by atoms with Gasteiger partial charge in [0.2, 0.25) is 5.95 Å². The van der Waals surface area contributed by atoms with Gasteiger partial charge in [-0.15, -0.1) is 0 Å². The molecule has 0 fully saturated rings. The number of rotatable bonds is 2. The van der Waals surface area contributed by atoms with Gasteiger partial charge in [0.1, 0.15) is 0 Å². The highest BCUT2D eigenvalue weighted by Gasteiger charge is 2.09. The van der Waals surface area contributed by atoms with E-state index in [4.69, 9.17) is 5.73 Å². The van der Waals surface area contributed by atoms with E-state index >= 15 is 0 Å². The molecular formula is C14H16N4O. The van der Waals surface area contributed by atoms with Crippen LogP contribution in [0, 0.1) is 20.8 Å². The van der Waals surface area contributed by atoms with Gasteiger partial charge in [-0.1, -0.05) is 0 Å². The fourth-order valence-corrected chi connectivity index (χ4v) is 1.77. The first kappa shape index (κ1) is 13.0. The highest BCUT2D eigenvalue weighted by atomic mass is 16.1. The van der Waals surface area contributed by atoms with Crippen LogP contribution in [0.4, 0.5) is 11.6 Å². The molecule has 0 aliphatic carbocycles.